The van der Waals surface area contributed by atoms with E-state index in [0.29, 0.717) is 0 Å². The molecular formula is C10H14F3NO5S. The maximum absolute atomic E-state index is 12.3. The highest BCUT2D eigenvalue weighted by molar-refractivity contribution is 7.91. The predicted octanol–water partition coefficient (Wildman–Crippen LogP) is 0.287. The van der Waals surface area contributed by atoms with Gasteiger partial charge < -0.3 is 10.0 Å². The molecule has 1 aliphatic heterocycles. The second kappa shape index (κ2) is 5.98. The molecule has 6 nitrogen and oxygen atoms in total. The SMILES string of the molecule is O=C(O)CN(CC(F)(F)F)C(=O)CC1CCS(=O)(=O)C1. The van der Waals surface area contributed by atoms with E-state index in [2.05, 4.69) is 0 Å². The summed E-state index contributed by atoms with van der Waals surface area (Å²) >= 11 is 0. The average molecular weight is 317 g/mol. The van der Waals surface area contributed by atoms with Gasteiger partial charge in [0.25, 0.3) is 0 Å². The van der Waals surface area contributed by atoms with E-state index in [1.807, 2.05) is 0 Å². The van der Waals surface area contributed by atoms with Crippen molar-refractivity contribution in [2.24, 2.45) is 5.92 Å². The van der Waals surface area contributed by atoms with Crippen LogP contribution in [0.2, 0.25) is 0 Å². The number of alkyl halides is 3. The Hall–Kier alpha value is -1.32. The summed E-state index contributed by atoms with van der Waals surface area (Å²) in [7, 11) is -3.23. The summed E-state index contributed by atoms with van der Waals surface area (Å²) in [6, 6.07) is 0. The molecule has 1 rings (SSSR count). The van der Waals surface area contributed by atoms with Crippen molar-refractivity contribution < 1.29 is 36.3 Å². The standard InChI is InChI=1S/C10H14F3NO5S/c11-10(12,13)6-14(4-9(16)17)8(15)3-7-1-2-20(18,19)5-7/h7H,1-6H2,(H,16,17). The van der Waals surface area contributed by atoms with Crippen LogP contribution in [-0.4, -0.2) is 61.1 Å². The summed E-state index contributed by atoms with van der Waals surface area (Å²) < 4.78 is 59.2. The van der Waals surface area contributed by atoms with E-state index in [1.54, 1.807) is 0 Å². The predicted molar refractivity (Wildman–Crippen MR) is 61.6 cm³/mol. The Kier molecular flexibility index (Phi) is 5.00. The van der Waals surface area contributed by atoms with Crippen LogP contribution in [0.3, 0.4) is 0 Å². The van der Waals surface area contributed by atoms with Gasteiger partial charge in [-0.2, -0.15) is 13.2 Å². The molecule has 1 heterocycles. The molecule has 1 N–H and O–H groups in total. The van der Waals surface area contributed by atoms with Gasteiger partial charge in [-0.05, 0) is 12.3 Å². The number of carbonyl (C=O) groups is 2. The normalized spacial score (nSPS) is 21.6. The van der Waals surface area contributed by atoms with E-state index in [4.69, 9.17) is 5.11 Å². The first-order chi connectivity index (χ1) is 8.98. The summed E-state index contributed by atoms with van der Waals surface area (Å²) in [5.41, 5.74) is 0. The highest BCUT2D eigenvalue weighted by Gasteiger charge is 2.36. The second-order valence-electron chi connectivity index (χ2n) is 4.73. The lowest BCUT2D eigenvalue weighted by Gasteiger charge is -2.23. The van der Waals surface area contributed by atoms with E-state index in [1.165, 1.54) is 0 Å². The molecule has 1 saturated heterocycles. The number of carboxylic acids is 1. The molecule has 0 aliphatic carbocycles. The fourth-order valence-corrected chi connectivity index (χ4v) is 3.88. The zero-order chi connectivity index (χ0) is 15.6. The highest BCUT2D eigenvalue weighted by Crippen LogP contribution is 2.23. The van der Waals surface area contributed by atoms with Crippen molar-refractivity contribution in [2.45, 2.75) is 19.0 Å². The Morgan fingerprint density at radius 3 is 2.30 bits per heavy atom. The summed E-state index contributed by atoms with van der Waals surface area (Å²) in [6.45, 7) is -2.71. The fraction of sp³-hybridized carbons (Fsp3) is 0.800. The van der Waals surface area contributed by atoms with Crippen molar-refractivity contribution in [1.29, 1.82) is 0 Å². The van der Waals surface area contributed by atoms with Gasteiger partial charge in [0.1, 0.15) is 13.1 Å². The van der Waals surface area contributed by atoms with Crippen molar-refractivity contribution in [1.82, 2.24) is 4.90 Å². The fourth-order valence-electron chi connectivity index (χ4n) is 2.02. The number of carbonyl (C=O) groups excluding carboxylic acids is 1. The van der Waals surface area contributed by atoms with Gasteiger partial charge in [0, 0.05) is 6.42 Å². The third-order valence-electron chi connectivity index (χ3n) is 2.84. The Labute approximate surface area is 113 Å². The molecule has 1 unspecified atom stereocenters. The van der Waals surface area contributed by atoms with Gasteiger partial charge in [-0.15, -0.1) is 0 Å². The van der Waals surface area contributed by atoms with Crippen LogP contribution in [0, 0.1) is 5.92 Å². The van der Waals surface area contributed by atoms with Crippen LogP contribution in [0.25, 0.3) is 0 Å². The molecule has 116 valence electrons. The number of halogens is 3. The van der Waals surface area contributed by atoms with Gasteiger partial charge in [-0.1, -0.05) is 0 Å². The van der Waals surface area contributed by atoms with Crippen molar-refractivity contribution in [3.05, 3.63) is 0 Å². The number of aliphatic carboxylic acids is 1. The van der Waals surface area contributed by atoms with Gasteiger partial charge in [-0.3, -0.25) is 9.59 Å². The van der Waals surface area contributed by atoms with Crippen LogP contribution in [0.1, 0.15) is 12.8 Å². The molecule has 0 spiro atoms. The first kappa shape index (κ1) is 16.7. The van der Waals surface area contributed by atoms with Gasteiger partial charge in [0.2, 0.25) is 5.91 Å². The van der Waals surface area contributed by atoms with Crippen molar-refractivity contribution in [2.75, 3.05) is 24.6 Å². The van der Waals surface area contributed by atoms with E-state index in [9.17, 15) is 31.2 Å². The zero-order valence-electron chi connectivity index (χ0n) is 10.4. The Morgan fingerprint density at radius 2 is 1.90 bits per heavy atom. The number of carboxylic acid groups (broad SMARTS) is 1. The maximum Gasteiger partial charge on any atom is 0.406 e. The lowest BCUT2D eigenvalue weighted by atomic mass is 10.0. The van der Waals surface area contributed by atoms with Gasteiger partial charge in [0.05, 0.1) is 11.5 Å². The van der Waals surface area contributed by atoms with Crippen LogP contribution >= 0.6 is 0 Å². The minimum atomic E-state index is -4.70. The number of nitrogens with zero attached hydrogens (tertiary/aromatic N) is 1. The van der Waals surface area contributed by atoms with Crippen LogP contribution in [-0.2, 0) is 19.4 Å². The molecule has 0 aromatic carbocycles. The molecule has 0 aromatic heterocycles. The number of sulfone groups is 1. The number of rotatable bonds is 5. The van der Waals surface area contributed by atoms with E-state index in [-0.39, 0.29) is 29.2 Å². The van der Waals surface area contributed by atoms with Gasteiger partial charge >= 0.3 is 12.1 Å². The first-order valence-corrected chi connectivity index (χ1v) is 7.57. The second-order valence-corrected chi connectivity index (χ2v) is 6.96. The topological polar surface area (TPSA) is 91.8 Å². The van der Waals surface area contributed by atoms with Gasteiger partial charge in [0.15, 0.2) is 9.84 Å². The molecule has 1 fully saturated rings. The van der Waals surface area contributed by atoms with Crippen molar-refractivity contribution >= 4 is 21.7 Å². The number of amides is 1. The third-order valence-corrected chi connectivity index (χ3v) is 4.68. The molecule has 20 heavy (non-hydrogen) atoms. The van der Waals surface area contributed by atoms with Crippen LogP contribution in [0.15, 0.2) is 0 Å². The van der Waals surface area contributed by atoms with Crippen LogP contribution < -0.4 is 0 Å². The number of hydrogen-bond donors (Lipinski definition) is 1. The van der Waals surface area contributed by atoms with Crippen LogP contribution in [0.5, 0.6) is 0 Å². The average Bonchev–Trinajstić information content (AvgIpc) is 2.54. The minimum absolute atomic E-state index is 0.0941. The molecule has 0 aromatic rings. The van der Waals surface area contributed by atoms with E-state index >= 15 is 0 Å². The van der Waals surface area contributed by atoms with Crippen molar-refractivity contribution in [3.63, 3.8) is 0 Å². The molecular weight excluding hydrogens is 303 g/mol. The third kappa shape index (κ3) is 5.76. The zero-order valence-corrected chi connectivity index (χ0v) is 11.2. The highest BCUT2D eigenvalue weighted by atomic mass is 32.2. The van der Waals surface area contributed by atoms with Crippen LogP contribution in [0.4, 0.5) is 13.2 Å². The monoisotopic (exact) mass is 317 g/mol. The largest absolute Gasteiger partial charge is 0.480 e. The summed E-state index contributed by atoms with van der Waals surface area (Å²) in [5.74, 6) is -3.43. The smallest absolute Gasteiger partial charge is 0.406 e. The van der Waals surface area contributed by atoms with E-state index in [0.717, 1.165) is 0 Å². The Balaban J connectivity index is 2.66. The molecule has 10 heteroatoms. The quantitative estimate of drug-likeness (QED) is 0.787. The Morgan fingerprint density at radius 1 is 1.30 bits per heavy atom. The molecule has 0 radical (unpaired) electrons. The summed E-state index contributed by atoms with van der Waals surface area (Å²) in [6.07, 6.45) is -4.88. The van der Waals surface area contributed by atoms with E-state index < -0.39 is 46.9 Å². The minimum Gasteiger partial charge on any atom is -0.480 e. The molecule has 0 saturated carbocycles. The molecule has 0 bridgehead atoms. The first-order valence-electron chi connectivity index (χ1n) is 5.75. The molecule has 1 aliphatic rings. The lowest BCUT2D eigenvalue weighted by molar-refractivity contribution is -0.166. The summed E-state index contributed by atoms with van der Waals surface area (Å²) in [4.78, 5) is 22.4. The number of hydrogen-bond acceptors (Lipinski definition) is 4. The van der Waals surface area contributed by atoms with Crippen molar-refractivity contribution in [3.8, 4) is 0 Å². The molecule has 1 amide bonds. The Bertz CT molecular complexity index is 488. The van der Waals surface area contributed by atoms with Gasteiger partial charge in [-0.25, -0.2) is 8.42 Å². The summed E-state index contributed by atoms with van der Waals surface area (Å²) in [5, 5.41) is 8.52. The lowest BCUT2D eigenvalue weighted by Crippen LogP contribution is -2.42. The molecule has 1 atom stereocenters. The maximum atomic E-state index is 12.3.